The highest BCUT2D eigenvalue weighted by Gasteiger charge is 2.18. The lowest BCUT2D eigenvalue weighted by Crippen LogP contribution is -2.29. The van der Waals surface area contributed by atoms with Gasteiger partial charge in [-0.2, -0.15) is 0 Å². The van der Waals surface area contributed by atoms with Crippen LogP contribution < -0.4 is 22.1 Å². The summed E-state index contributed by atoms with van der Waals surface area (Å²) in [6, 6.07) is 3.19. The van der Waals surface area contributed by atoms with Crippen LogP contribution in [0.25, 0.3) is 0 Å². The van der Waals surface area contributed by atoms with Gasteiger partial charge in [-0.1, -0.05) is 13.7 Å². The van der Waals surface area contributed by atoms with Crippen LogP contribution in [0.15, 0.2) is 17.5 Å². The SMILES string of the molecule is CC(=O)N(O)CCC(c1cccs1)P(=O)([O-])[O-].[NH4+].[NH4+]. The van der Waals surface area contributed by atoms with Crippen LogP contribution in [0, 0.1) is 0 Å². The van der Waals surface area contributed by atoms with E-state index in [-0.39, 0.29) is 25.3 Å². The summed E-state index contributed by atoms with van der Waals surface area (Å²) < 4.78 is 11.1. The van der Waals surface area contributed by atoms with Crippen LogP contribution in [0.4, 0.5) is 0 Å². The van der Waals surface area contributed by atoms with Crippen molar-refractivity contribution in [3.8, 4) is 0 Å². The molecular formula is C9H20N3O5PS. The third kappa shape index (κ3) is 6.26. The summed E-state index contributed by atoms with van der Waals surface area (Å²) in [7, 11) is -4.79. The lowest BCUT2D eigenvalue weighted by molar-refractivity contribution is -0.317. The number of carbonyl (C=O) groups is 1. The second-order valence-electron chi connectivity index (χ2n) is 3.50. The molecule has 0 saturated heterocycles. The average molecular weight is 313 g/mol. The van der Waals surface area contributed by atoms with E-state index in [1.807, 2.05) is 0 Å². The highest BCUT2D eigenvalue weighted by molar-refractivity contribution is 7.49. The lowest BCUT2D eigenvalue weighted by Gasteiger charge is -2.38. The monoisotopic (exact) mass is 313 g/mol. The Morgan fingerprint density at radius 1 is 1.53 bits per heavy atom. The van der Waals surface area contributed by atoms with Gasteiger partial charge in [0.15, 0.2) is 0 Å². The van der Waals surface area contributed by atoms with E-state index < -0.39 is 19.2 Å². The maximum atomic E-state index is 11.1. The maximum Gasteiger partial charge on any atom is 0.242 e. The second-order valence-corrected chi connectivity index (χ2v) is 6.18. The molecule has 112 valence electrons. The Morgan fingerprint density at radius 3 is 2.47 bits per heavy atom. The predicted molar refractivity (Wildman–Crippen MR) is 70.4 cm³/mol. The van der Waals surface area contributed by atoms with Gasteiger partial charge in [0.2, 0.25) is 5.91 Å². The summed E-state index contributed by atoms with van der Waals surface area (Å²) in [5, 5.41) is 11.2. The molecule has 1 heterocycles. The first kappa shape index (κ1) is 20.5. The van der Waals surface area contributed by atoms with Gasteiger partial charge in [0.1, 0.15) is 0 Å². The normalized spacial score (nSPS) is 12.0. The van der Waals surface area contributed by atoms with Crippen molar-refractivity contribution < 1.29 is 24.4 Å². The smallest absolute Gasteiger partial charge is 0.242 e. The molecule has 1 atom stereocenters. The van der Waals surface area contributed by atoms with Crippen LogP contribution in [0.1, 0.15) is 23.9 Å². The van der Waals surface area contributed by atoms with Crippen LogP contribution in [-0.2, 0) is 9.36 Å². The number of rotatable bonds is 5. The number of hydrogen-bond donors (Lipinski definition) is 3. The van der Waals surface area contributed by atoms with Crippen LogP contribution in [0.2, 0.25) is 0 Å². The molecule has 0 fully saturated rings. The third-order valence-electron chi connectivity index (χ3n) is 2.23. The van der Waals surface area contributed by atoms with Gasteiger partial charge in [-0.15, -0.1) is 11.3 Å². The number of quaternary nitrogens is 2. The van der Waals surface area contributed by atoms with Crippen molar-refractivity contribution in [3.63, 3.8) is 0 Å². The first-order valence-electron chi connectivity index (χ1n) is 4.84. The molecule has 9 N–H and O–H groups in total. The molecule has 0 bridgehead atoms. The molecule has 0 radical (unpaired) electrons. The Balaban J connectivity index is 0. The van der Waals surface area contributed by atoms with Gasteiger partial charge < -0.3 is 26.7 Å². The second kappa shape index (κ2) is 8.39. The van der Waals surface area contributed by atoms with Crippen molar-refractivity contribution in [1.82, 2.24) is 17.4 Å². The highest BCUT2D eigenvalue weighted by atomic mass is 32.1. The molecule has 1 aromatic heterocycles. The van der Waals surface area contributed by atoms with Gasteiger partial charge >= 0.3 is 0 Å². The minimum Gasteiger partial charge on any atom is -0.810 e. The van der Waals surface area contributed by atoms with Crippen molar-refractivity contribution in [1.29, 1.82) is 0 Å². The van der Waals surface area contributed by atoms with Gasteiger partial charge in [0.05, 0.1) is 0 Å². The van der Waals surface area contributed by atoms with Gasteiger partial charge in [-0.05, 0) is 17.9 Å². The van der Waals surface area contributed by atoms with E-state index in [4.69, 9.17) is 5.21 Å². The molecule has 0 aromatic carbocycles. The molecule has 0 aliphatic rings. The molecule has 1 rings (SSSR count). The van der Waals surface area contributed by atoms with Gasteiger partial charge in [-0.3, -0.25) is 10.0 Å². The molecule has 1 aromatic rings. The molecule has 1 amide bonds. The molecule has 0 aliphatic carbocycles. The zero-order valence-electron chi connectivity index (χ0n) is 11.1. The minimum atomic E-state index is -4.79. The molecule has 0 aliphatic heterocycles. The van der Waals surface area contributed by atoms with Gasteiger partial charge in [0, 0.05) is 24.0 Å². The predicted octanol–water partition coefficient (Wildman–Crippen LogP) is 1.08. The molecule has 0 spiro atoms. The van der Waals surface area contributed by atoms with Gasteiger partial charge in [-0.25, -0.2) is 5.06 Å². The first-order chi connectivity index (χ1) is 7.82. The first-order valence-corrected chi connectivity index (χ1v) is 7.33. The van der Waals surface area contributed by atoms with E-state index in [9.17, 15) is 19.1 Å². The molecule has 19 heavy (non-hydrogen) atoms. The van der Waals surface area contributed by atoms with E-state index >= 15 is 0 Å². The summed E-state index contributed by atoms with van der Waals surface area (Å²) in [6.07, 6.45) is -0.110. The fourth-order valence-electron chi connectivity index (χ4n) is 1.34. The Kier molecular flexibility index (Phi) is 9.06. The number of thiophene rings is 1. The fraction of sp³-hybridized carbons (Fsp3) is 0.444. The number of carbonyl (C=O) groups excluding carboxylic acids is 1. The Morgan fingerprint density at radius 2 is 2.11 bits per heavy atom. The van der Waals surface area contributed by atoms with Crippen LogP contribution in [0.3, 0.4) is 0 Å². The van der Waals surface area contributed by atoms with E-state index in [2.05, 4.69) is 0 Å². The third-order valence-corrected chi connectivity index (χ3v) is 4.69. The standard InChI is InChI=1S/C9H14NO5PS.2H3N/c1-7(11)10(12)5-4-8(16(13,14)15)9-3-2-6-17-9;;/h2-3,6,8,12H,4-5H2,1H3,(H2,13,14,15);2*1H3. The van der Waals surface area contributed by atoms with Crippen molar-refractivity contribution in [2.45, 2.75) is 19.0 Å². The molecule has 10 heteroatoms. The number of hydrogen-bond acceptors (Lipinski definition) is 6. The Labute approximate surface area is 115 Å². The fourth-order valence-corrected chi connectivity index (χ4v) is 3.48. The van der Waals surface area contributed by atoms with E-state index in [1.165, 1.54) is 0 Å². The van der Waals surface area contributed by atoms with E-state index in [1.54, 1.807) is 17.5 Å². The van der Waals surface area contributed by atoms with Gasteiger partial charge in [0.25, 0.3) is 0 Å². The largest absolute Gasteiger partial charge is 0.810 e. The zero-order valence-corrected chi connectivity index (χ0v) is 12.8. The lowest BCUT2D eigenvalue weighted by atomic mass is 10.2. The molecule has 1 unspecified atom stereocenters. The summed E-state index contributed by atoms with van der Waals surface area (Å²) in [5.74, 6) is -0.596. The molecular weight excluding hydrogens is 293 g/mol. The average Bonchev–Trinajstić information content (AvgIpc) is 2.68. The molecule has 0 saturated carbocycles. The number of amides is 1. The Hall–Kier alpha value is -0.800. The maximum absolute atomic E-state index is 11.1. The van der Waals surface area contributed by atoms with Crippen molar-refractivity contribution in [2.24, 2.45) is 0 Å². The van der Waals surface area contributed by atoms with Crippen LogP contribution in [0.5, 0.6) is 0 Å². The van der Waals surface area contributed by atoms with Crippen molar-refractivity contribution in [2.75, 3.05) is 6.54 Å². The zero-order chi connectivity index (χ0) is 13.1. The topological polar surface area (TPSA) is 177 Å². The van der Waals surface area contributed by atoms with Crippen LogP contribution >= 0.6 is 18.9 Å². The highest BCUT2D eigenvalue weighted by Crippen LogP contribution is 2.48. The Bertz CT molecular complexity index is 421. The number of hydroxylamine groups is 2. The summed E-state index contributed by atoms with van der Waals surface area (Å²) in [5.41, 5.74) is -1.20. The van der Waals surface area contributed by atoms with Crippen LogP contribution in [-0.4, -0.2) is 22.7 Å². The van der Waals surface area contributed by atoms with Crippen molar-refractivity contribution in [3.05, 3.63) is 22.4 Å². The quantitative estimate of drug-likeness (QED) is 0.417. The van der Waals surface area contributed by atoms with E-state index in [0.29, 0.717) is 9.94 Å². The molecule has 8 nitrogen and oxygen atoms in total. The number of nitrogens with zero attached hydrogens (tertiary/aromatic N) is 1. The van der Waals surface area contributed by atoms with E-state index in [0.717, 1.165) is 18.3 Å². The summed E-state index contributed by atoms with van der Waals surface area (Å²) in [6.45, 7) is 0.959. The summed E-state index contributed by atoms with van der Waals surface area (Å²) >= 11 is 1.16. The van der Waals surface area contributed by atoms with Crippen molar-refractivity contribution >= 4 is 24.8 Å². The summed E-state index contributed by atoms with van der Waals surface area (Å²) in [4.78, 5) is 33.4. The minimum absolute atomic E-state index is 0.